The van der Waals surface area contributed by atoms with Crippen molar-refractivity contribution in [3.63, 3.8) is 0 Å². The third-order valence-electron chi connectivity index (χ3n) is 2.30. The van der Waals surface area contributed by atoms with Crippen LogP contribution in [0.15, 0.2) is 12.2 Å². The molecule has 0 bridgehead atoms. The maximum atomic E-state index is 11.5. The van der Waals surface area contributed by atoms with E-state index in [1.165, 1.54) is 12.5 Å². The molecule has 0 aliphatic rings. The molecule has 0 heterocycles. The van der Waals surface area contributed by atoms with Gasteiger partial charge in [-0.05, 0) is 25.8 Å². The number of hydrogen-bond donors (Lipinski definition) is 0. The minimum absolute atomic E-state index is 0.131. The largest absolute Gasteiger partial charge is 0.457 e. The predicted octanol–water partition coefficient (Wildman–Crippen LogP) is 2.32. The molecule has 0 aromatic rings. The van der Waals surface area contributed by atoms with Crippen LogP contribution in [0.1, 0.15) is 46.0 Å². The van der Waals surface area contributed by atoms with Crippen molar-refractivity contribution >= 4 is 17.5 Å². The highest BCUT2D eigenvalue weighted by Crippen LogP contribution is 2.02. The Bertz CT molecular complexity index is 355. The standard InChI is InChI=1S/C13H20N2O3/c1-3-5-6-7-8-9-10-11(16)12(15-14)13(17)18-4-2/h9-10H,3-8H2,1-2H3/b10-9-. The Kier molecular flexibility index (Phi) is 9.41. The minimum Gasteiger partial charge on any atom is -0.457 e. The fourth-order valence-corrected chi connectivity index (χ4v) is 1.35. The molecule has 0 N–H and O–H groups in total. The van der Waals surface area contributed by atoms with Crippen molar-refractivity contribution in [2.45, 2.75) is 46.0 Å². The Morgan fingerprint density at radius 3 is 2.50 bits per heavy atom. The number of nitrogens with zero attached hydrogens (tertiary/aromatic N) is 2. The number of hydrogen-bond acceptors (Lipinski definition) is 3. The maximum Gasteiger partial charge on any atom is 0.445 e. The fourth-order valence-electron chi connectivity index (χ4n) is 1.35. The van der Waals surface area contributed by atoms with E-state index in [2.05, 4.69) is 16.5 Å². The summed E-state index contributed by atoms with van der Waals surface area (Å²) in [6, 6.07) is 0. The monoisotopic (exact) mass is 252 g/mol. The first-order valence-electron chi connectivity index (χ1n) is 6.27. The summed E-state index contributed by atoms with van der Waals surface area (Å²) in [6.07, 6.45) is 8.16. The van der Waals surface area contributed by atoms with Crippen LogP contribution < -0.4 is 0 Å². The Morgan fingerprint density at radius 1 is 1.22 bits per heavy atom. The van der Waals surface area contributed by atoms with Crippen LogP contribution in [0, 0.1) is 0 Å². The molecule has 0 aliphatic heterocycles. The van der Waals surface area contributed by atoms with E-state index < -0.39 is 17.5 Å². The first-order valence-corrected chi connectivity index (χ1v) is 6.27. The molecule has 0 atom stereocenters. The summed E-state index contributed by atoms with van der Waals surface area (Å²) >= 11 is 0. The molecule has 100 valence electrons. The number of rotatable bonds is 9. The topological polar surface area (TPSA) is 79.8 Å². The smallest absolute Gasteiger partial charge is 0.445 e. The molecule has 0 rings (SSSR count). The van der Waals surface area contributed by atoms with Crippen molar-refractivity contribution in [3.8, 4) is 0 Å². The third-order valence-corrected chi connectivity index (χ3v) is 2.30. The van der Waals surface area contributed by atoms with Gasteiger partial charge in [0, 0.05) is 0 Å². The van der Waals surface area contributed by atoms with Gasteiger partial charge in [0.2, 0.25) is 0 Å². The lowest BCUT2D eigenvalue weighted by Crippen LogP contribution is -2.26. The Balaban J connectivity index is 4.17. The van der Waals surface area contributed by atoms with Crippen LogP contribution in [0.3, 0.4) is 0 Å². The number of unbranched alkanes of at least 4 members (excludes halogenated alkanes) is 4. The predicted molar refractivity (Wildman–Crippen MR) is 68.2 cm³/mol. The lowest BCUT2D eigenvalue weighted by molar-refractivity contribution is -0.141. The zero-order chi connectivity index (χ0) is 13.8. The van der Waals surface area contributed by atoms with Gasteiger partial charge in [-0.25, -0.2) is 4.79 Å². The van der Waals surface area contributed by atoms with Crippen LogP contribution in [0.2, 0.25) is 0 Å². The van der Waals surface area contributed by atoms with Gasteiger partial charge in [-0.1, -0.05) is 32.3 Å². The lowest BCUT2D eigenvalue weighted by atomic mass is 10.1. The van der Waals surface area contributed by atoms with Gasteiger partial charge in [-0.15, -0.1) is 0 Å². The van der Waals surface area contributed by atoms with Crippen molar-refractivity contribution < 1.29 is 19.1 Å². The van der Waals surface area contributed by atoms with Crippen molar-refractivity contribution in [1.29, 1.82) is 0 Å². The summed E-state index contributed by atoms with van der Waals surface area (Å²) in [5.41, 5.74) is 8.02. The Hall–Kier alpha value is -1.74. The Morgan fingerprint density at radius 2 is 1.94 bits per heavy atom. The van der Waals surface area contributed by atoms with E-state index in [0.717, 1.165) is 25.7 Å². The second-order valence-electron chi connectivity index (χ2n) is 3.79. The van der Waals surface area contributed by atoms with Crippen LogP contribution in [0.4, 0.5) is 0 Å². The molecule has 5 heteroatoms. The van der Waals surface area contributed by atoms with Crippen LogP contribution in [-0.4, -0.2) is 28.9 Å². The number of carbonyl (C=O) groups is 2. The van der Waals surface area contributed by atoms with Gasteiger partial charge in [0.05, 0.1) is 6.61 Å². The number of ketones is 1. The average molecular weight is 252 g/mol. The molecular weight excluding hydrogens is 232 g/mol. The van der Waals surface area contributed by atoms with E-state index in [1.807, 2.05) is 0 Å². The third kappa shape index (κ3) is 6.76. The SMILES string of the molecule is CCCCCC/C=C\C(=O)C(=[N+]=[N-])C(=O)OCC. The zero-order valence-corrected chi connectivity index (χ0v) is 11.0. The van der Waals surface area contributed by atoms with E-state index in [9.17, 15) is 9.59 Å². The summed E-state index contributed by atoms with van der Waals surface area (Å²) in [5.74, 6) is -1.54. The van der Waals surface area contributed by atoms with Gasteiger partial charge in [0.25, 0.3) is 5.78 Å². The first-order chi connectivity index (χ1) is 8.67. The molecule has 0 amide bonds. The first kappa shape index (κ1) is 16.3. The van der Waals surface area contributed by atoms with Gasteiger partial charge < -0.3 is 10.3 Å². The molecule has 0 fully saturated rings. The van der Waals surface area contributed by atoms with E-state index in [4.69, 9.17) is 5.53 Å². The second kappa shape index (κ2) is 10.4. The summed E-state index contributed by atoms with van der Waals surface area (Å²) in [5, 5.41) is 0. The van der Waals surface area contributed by atoms with E-state index in [0.29, 0.717) is 0 Å². The quantitative estimate of drug-likeness (QED) is 0.120. The van der Waals surface area contributed by atoms with Crippen molar-refractivity contribution in [3.05, 3.63) is 17.7 Å². The molecule has 0 unspecified atom stereocenters. The van der Waals surface area contributed by atoms with Crippen molar-refractivity contribution in [2.75, 3.05) is 6.61 Å². The summed E-state index contributed by atoms with van der Waals surface area (Å²) in [7, 11) is 0. The van der Waals surface area contributed by atoms with E-state index in [1.54, 1.807) is 13.0 Å². The fraction of sp³-hybridized carbons (Fsp3) is 0.615. The van der Waals surface area contributed by atoms with Crippen LogP contribution >= 0.6 is 0 Å². The maximum absolute atomic E-state index is 11.5. The van der Waals surface area contributed by atoms with Crippen LogP contribution in [-0.2, 0) is 14.3 Å². The highest BCUT2D eigenvalue weighted by atomic mass is 16.5. The Labute approximate surface area is 107 Å². The van der Waals surface area contributed by atoms with E-state index >= 15 is 0 Å². The van der Waals surface area contributed by atoms with Gasteiger partial charge in [-0.3, -0.25) is 4.79 Å². The van der Waals surface area contributed by atoms with Crippen LogP contribution in [0.5, 0.6) is 0 Å². The molecule has 0 spiro atoms. The van der Waals surface area contributed by atoms with Crippen molar-refractivity contribution in [2.24, 2.45) is 0 Å². The molecule has 0 saturated carbocycles. The molecule has 0 radical (unpaired) electrons. The molecule has 0 aliphatic carbocycles. The van der Waals surface area contributed by atoms with Gasteiger partial charge in [0.15, 0.2) is 0 Å². The molecule has 0 aromatic carbocycles. The second-order valence-corrected chi connectivity index (χ2v) is 3.79. The lowest BCUT2D eigenvalue weighted by Gasteiger charge is -1.95. The van der Waals surface area contributed by atoms with Gasteiger partial charge >= 0.3 is 11.7 Å². The molecular formula is C13H20N2O3. The molecule has 5 nitrogen and oxygen atoms in total. The van der Waals surface area contributed by atoms with Gasteiger partial charge in [0.1, 0.15) is 0 Å². The number of carbonyl (C=O) groups excluding carboxylic acids is 2. The van der Waals surface area contributed by atoms with Crippen molar-refractivity contribution in [1.82, 2.24) is 0 Å². The zero-order valence-electron chi connectivity index (χ0n) is 11.0. The molecule has 18 heavy (non-hydrogen) atoms. The number of ether oxygens (including phenoxy) is 1. The molecule has 0 saturated heterocycles. The normalized spacial score (nSPS) is 10.1. The number of esters is 1. The summed E-state index contributed by atoms with van der Waals surface area (Å²) in [4.78, 5) is 25.4. The summed E-state index contributed by atoms with van der Waals surface area (Å²) < 4.78 is 4.59. The minimum atomic E-state index is -0.902. The van der Waals surface area contributed by atoms with E-state index in [-0.39, 0.29) is 6.61 Å². The average Bonchev–Trinajstić information content (AvgIpc) is 2.35. The highest BCUT2D eigenvalue weighted by molar-refractivity contribution is 6.64. The summed E-state index contributed by atoms with van der Waals surface area (Å²) in [6.45, 7) is 3.87. The number of allylic oxidation sites excluding steroid dienone is 2. The van der Waals surface area contributed by atoms with Gasteiger partial charge in [-0.2, -0.15) is 4.79 Å². The van der Waals surface area contributed by atoms with Crippen LogP contribution in [0.25, 0.3) is 5.53 Å². The molecule has 0 aromatic heterocycles. The highest BCUT2D eigenvalue weighted by Gasteiger charge is 2.28.